The van der Waals surface area contributed by atoms with Crippen LogP contribution in [-0.2, 0) is 5.33 Å². The highest BCUT2D eigenvalue weighted by molar-refractivity contribution is 9.08. The molecule has 21 heavy (non-hydrogen) atoms. The normalized spacial score (nSPS) is 10.0. The third-order valence-electron chi connectivity index (χ3n) is 3.03. The Morgan fingerprint density at radius 2 is 1.81 bits per heavy atom. The Labute approximate surface area is 132 Å². The highest BCUT2D eigenvalue weighted by Crippen LogP contribution is 2.29. The smallest absolute Gasteiger partial charge is 0.255 e. The quantitative estimate of drug-likeness (QED) is 0.834. The summed E-state index contributed by atoms with van der Waals surface area (Å²) in [4.78, 5) is 12.3. The van der Waals surface area contributed by atoms with Crippen LogP contribution in [0.3, 0.4) is 0 Å². The van der Waals surface area contributed by atoms with Crippen molar-refractivity contribution in [3.63, 3.8) is 0 Å². The van der Waals surface area contributed by atoms with E-state index in [4.69, 9.17) is 9.47 Å². The van der Waals surface area contributed by atoms with E-state index in [9.17, 15) is 4.79 Å². The van der Waals surface area contributed by atoms with Crippen molar-refractivity contribution in [3.8, 4) is 11.5 Å². The minimum atomic E-state index is -0.192. The Balaban J connectivity index is 2.21. The molecule has 0 aromatic heterocycles. The summed E-state index contributed by atoms with van der Waals surface area (Å²) in [5.74, 6) is 1.05. The lowest BCUT2D eigenvalue weighted by molar-refractivity contribution is 0.102. The molecule has 5 heteroatoms. The average Bonchev–Trinajstić information content (AvgIpc) is 2.54. The van der Waals surface area contributed by atoms with Crippen LogP contribution < -0.4 is 14.8 Å². The van der Waals surface area contributed by atoms with Crippen LogP contribution in [0, 0.1) is 0 Å². The molecule has 0 radical (unpaired) electrons. The Morgan fingerprint density at radius 3 is 2.38 bits per heavy atom. The molecule has 0 saturated carbocycles. The molecule has 0 aliphatic heterocycles. The number of hydrogen-bond acceptors (Lipinski definition) is 3. The maximum Gasteiger partial charge on any atom is 0.255 e. The molecule has 1 amide bonds. The molecule has 0 unspecified atom stereocenters. The second kappa shape index (κ2) is 7.13. The van der Waals surface area contributed by atoms with E-state index in [2.05, 4.69) is 21.2 Å². The van der Waals surface area contributed by atoms with E-state index in [0.717, 1.165) is 10.9 Å². The van der Waals surface area contributed by atoms with Gasteiger partial charge in [-0.3, -0.25) is 4.79 Å². The van der Waals surface area contributed by atoms with Crippen LogP contribution in [0.15, 0.2) is 42.5 Å². The molecule has 1 N–H and O–H groups in total. The molecule has 0 atom stereocenters. The van der Waals surface area contributed by atoms with Crippen LogP contribution in [0.5, 0.6) is 11.5 Å². The number of carbonyl (C=O) groups is 1. The number of benzene rings is 2. The Bertz CT molecular complexity index is 626. The number of nitrogens with one attached hydrogen (secondary N) is 1. The summed E-state index contributed by atoms with van der Waals surface area (Å²) in [6.45, 7) is 0. The number of amides is 1. The highest BCUT2D eigenvalue weighted by atomic mass is 79.9. The number of halogens is 1. The molecule has 4 nitrogen and oxygen atoms in total. The molecule has 0 fully saturated rings. The fourth-order valence-electron chi connectivity index (χ4n) is 1.85. The van der Waals surface area contributed by atoms with E-state index in [-0.39, 0.29) is 5.91 Å². The predicted octanol–water partition coefficient (Wildman–Crippen LogP) is 3.85. The maximum atomic E-state index is 12.3. The van der Waals surface area contributed by atoms with Gasteiger partial charge in [-0.15, -0.1) is 0 Å². The Morgan fingerprint density at radius 1 is 1.10 bits per heavy atom. The second-order valence-electron chi connectivity index (χ2n) is 4.35. The molecule has 2 rings (SSSR count). The molecular weight excluding hydrogens is 334 g/mol. The van der Waals surface area contributed by atoms with E-state index < -0.39 is 0 Å². The third kappa shape index (κ3) is 3.76. The van der Waals surface area contributed by atoms with Gasteiger partial charge in [0.15, 0.2) is 0 Å². The molecular formula is C16H16BrNO3. The zero-order chi connectivity index (χ0) is 15.2. The number of methoxy groups -OCH3 is 2. The molecule has 110 valence electrons. The Kier molecular flexibility index (Phi) is 5.22. The van der Waals surface area contributed by atoms with Crippen LogP contribution in [0.1, 0.15) is 15.9 Å². The number of hydrogen-bond donors (Lipinski definition) is 1. The fourth-order valence-corrected chi connectivity index (χ4v) is 2.23. The van der Waals surface area contributed by atoms with Crippen molar-refractivity contribution in [2.45, 2.75) is 5.33 Å². The van der Waals surface area contributed by atoms with Crippen LogP contribution in [-0.4, -0.2) is 20.1 Å². The Hall–Kier alpha value is -2.01. The van der Waals surface area contributed by atoms with Crippen molar-refractivity contribution in [2.24, 2.45) is 0 Å². The molecule has 0 bridgehead atoms. The molecule has 0 aliphatic carbocycles. The van der Waals surface area contributed by atoms with Crippen molar-refractivity contribution < 1.29 is 14.3 Å². The van der Waals surface area contributed by atoms with E-state index in [1.165, 1.54) is 0 Å². The van der Waals surface area contributed by atoms with Crippen LogP contribution >= 0.6 is 15.9 Å². The largest absolute Gasteiger partial charge is 0.497 e. The van der Waals surface area contributed by atoms with Gasteiger partial charge in [-0.05, 0) is 29.8 Å². The van der Waals surface area contributed by atoms with Gasteiger partial charge >= 0.3 is 0 Å². The van der Waals surface area contributed by atoms with E-state index >= 15 is 0 Å². The van der Waals surface area contributed by atoms with Gasteiger partial charge in [-0.2, -0.15) is 0 Å². The number of rotatable bonds is 5. The first-order valence-corrected chi connectivity index (χ1v) is 7.48. The topological polar surface area (TPSA) is 47.6 Å². The molecule has 2 aromatic carbocycles. The van der Waals surface area contributed by atoms with E-state index in [0.29, 0.717) is 22.7 Å². The zero-order valence-corrected chi connectivity index (χ0v) is 13.4. The summed E-state index contributed by atoms with van der Waals surface area (Å²) in [6.07, 6.45) is 0. The lowest BCUT2D eigenvalue weighted by Crippen LogP contribution is -2.12. The van der Waals surface area contributed by atoms with Crippen molar-refractivity contribution in [3.05, 3.63) is 53.6 Å². The van der Waals surface area contributed by atoms with Gasteiger partial charge in [-0.1, -0.05) is 28.1 Å². The van der Waals surface area contributed by atoms with Gasteiger partial charge < -0.3 is 14.8 Å². The minimum Gasteiger partial charge on any atom is -0.497 e. The van der Waals surface area contributed by atoms with Crippen molar-refractivity contribution in [1.82, 2.24) is 0 Å². The number of alkyl halides is 1. The fraction of sp³-hybridized carbons (Fsp3) is 0.188. The summed E-state index contributed by atoms with van der Waals surface area (Å²) in [6, 6.07) is 12.7. The predicted molar refractivity (Wildman–Crippen MR) is 86.6 cm³/mol. The summed E-state index contributed by atoms with van der Waals surface area (Å²) in [5, 5.41) is 3.60. The van der Waals surface area contributed by atoms with Gasteiger partial charge in [0, 0.05) is 17.0 Å². The van der Waals surface area contributed by atoms with Gasteiger partial charge in [0.05, 0.1) is 19.9 Å². The summed E-state index contributed by atoms with van der Waals surface area (Å²) >= 11 is 3.38. The standard InChI is InChI=1S/C16H16BrNO3/c1-20-13-7-8-15(21-2)14(9-13)18-16(19)12-5-3-11(10-17)4-6-12/h3-9H,10H2,1-2H3,(H,18,19). The van der Waals surface area contributed by atoms with Crippen LogP contribution in [0.4, 0.5) is 5.69 Å². The molecule has 0 aliphatic rings. The average molecular weight is 350 g/mol. The minimum absolute atomic E-state index is 0.192. The molecule has 0 spiro atoms. The number of carbonyl (C=O) groups excluding carboxylic acids is 1. The summed E-state index contributed by atoms with van der Waals surface area (Å²) < 4.78 is 10.4. The first-order chi connectivity index (χ1) is 10.2. The third-order valence-corrected chi connectivity index (χ3v) is 3.67. The first-order valence-electron chi connectivity index (χ1n) is 6.36. The lowest BCUT2D eigenvalue weighted by atomic mass is 10.1. The zero-order valence-electron chi connectivity index (χ0n) is 11.9. The van der Waals surface area contributed by atoms with Crippen LogP contribution in [0.2, 0.25) is 0 Å². The second-order valence-corrected chi connectivity index (χ2v) is 4.91. The van der Waals surface area contributed by atoms with Gasteiger partial charge in [-0.25, -0.2) is 0 Å². The summed E-state index contributed by atoms with van der Waals surface area (Å²) in [7, 11) is 3.13. The van der Waals surface area contributed by atoms with Crippen LogP contribution in [0.25, 0.3) is 0 Å². The molecule has 0 saturated heterocycles. The number of anilines is 1. The van der Waals surface area contributed by atoms with Gasteiger partial charge in [0.2, 0.25) is 0 Å². The summed E-state index contributed by atoms with van der Waals surface area (Å²) in [5.41, 5.74) is 2.28. The maximum absolute atomic E-state index is 12.3. The van der Waals surface area contributed by atoms with Gasteiger partial charge in [0.1, 0.15) is 11.5 Å². The first kappa shape index (κ1) is 15.4. The van der Waals surface area contributed by atoms with E-state index in [1.807, 2.05) is 12.1 Å². The SMILES string of the molecule is COc1ccc(OC)c(NC(=O)c2ccc(CBr)cc2)c1. The van der Waals surface area contributed by atoms with Gasteiger partial charge in [0.25, 0.3) is 5.91 Å². The number of ether oxygens (including phenoxy) is 2. The molecule has 0 heterocycles. The monoisotopic (exact) mass is 349 g/mol. The van der Waals surface area contributed by atoms with Crippen molar-refractivity contribution in [2.75, 3.05) is 19.5 Å². The highest BCUT2D eigenvalue weighted by Gasteiger charge is 2.11. The molecule has 2 aromatic rings. The lowest BCUT2D eigenvalue weighted by Gasteiger charge is -2.12. The van der Waals surface area contributed by atoms with Crippen molar-refractivity contribution >= 4 is 27.5 Å². The van der Waals surface area contributed by atoms with Crippen molar-refractivity contribution in [1.29, 1.82) is 0 Å². The van der Waals surface area contributed by atoms with E-state index in [1.54, 1.807) is 44.6 Å².